The Labute approximate surface area is 108 Å². The summed E-state index contributed by atoms with van der Waals surface area (Å²) < 4.78 is 11.1. The van der Waals surface area contributed by atoms with Crippen LogP contribution in [0, 0.1) is 5.41 Å². The number of rotatable bonds is 4. The number of nitrogens with zero attached hydrogens (tertiary/aromatic N) is 2. The fourth-order valence-corrected chi connectivity index (χ4v) is 2.27. The van der Waals surface area contributed by atoms with Gasteiger partial charge in [0, 0.05) is 6.61 Å². The van der Waals surface area contributed by atoms with Crippen LogP contribution in [0.3, 0.4) is 0 Å². The second-order valence-corrected chi connectivity index (χ2v) is 5.84. The van der Waals surface area contributed by atoms with Gasteiger partial charge in [0.15, 0.2) is 0 Å². The van der Waals surface area contributed by atoms with Crippen molar-refractivity contribution in [1.82, 2.24) is 15.5 Å². The van der Waals surface area contributed by atoms with Gasteiger partial charge in [-0.1, -0.05) is 25.9 Å². The van der Waals surface area contributed by atoms with Gasteiger partial charge < -0.3 is 14.6 Å². The lowest BCUT2D eigenvalue weighted by Crippen LogP contribution is -2.23. The summed E-state index contributed by atoms with van der Waals surface area (Å²) in [7, 11) is 0. The van der Waals surface area contributed by atoms with Gasteiger partial charge in [0.25, 0.3) is 0 Å². The molecule has 1 fully saturated rings. The Morgan fingerprint density at radius 3 is 2.83 bits per heavy atom. The summed E-state index contributed by atoms with van der Waals surface area (Å²) in [5.74, 6) is 1.35. The molecule has 1 aromatic heterocycles. The second kappa shape index (κ2) is 5.36. The summed E-state index contributed by atoms with van der Waals surface area (Å²) in [6, 6.07) is 0.216. The van der Waals surface area contributed by atoms with Gasteiger partial charge in [-0.2, -0.15) is 4.98 Å². The van der Waals surface area contributed by atoms with Crippen molar-refractivity contribution in [1.29, 1.82) is 0 Å². The molecule has 1 aliphatic heterocycles. The average molecular weight is 253 g/mol. The van der Waals surface area contributed by atoms with Gasteiger partial charge in [-0.15, -0.1) is 0 Å². The van der Waals surface area contributed by atoms with Gasteiger partial charge in [0.05, 0.1) is 6.04 Å². The predicted molar refractivity (Wildman–Crippen MR) is 68.1 cm³/mol. The summed E-state index contributed by atoms with van der Waals surface area (Å²) in [5.41, 5.74) is -0.0414. The average Bonchev–Trinajstić information content (AvgIpc) is 2.94. The number of aromatic nitrogens is 2. The third kappa shape index (κ3) is 2.90. The quantitative estimate of drug-likeness (QED) is 0.893. The molecule has 1 aliphatic rings. The normalized spacial score (nSPS) is 22.3. The summed E-state index contributed by atoms with van der Waals surface area (Å²) in [4.78, 5) is 4.51. The molecule has 18 heavy (non-hydrogen) atoms. The van der Waals surface area contributed by atoms with E-state index in [0.29, 0.717) is 18.3 Å². The minimum absolute atomic E-state index is 0.0414. The van der Waals surface area contributed by atoms with E-state index in [2.05, 4.69) is 36.2 Å². The van der Waals surface area contributed by atoms with E-state index in [1.54, 1.807) is 0 Å². The van der Waals surface area contributed by atoms with Crippen molar-refractivity contribution in [2.45, 2.75) is 52.7 Å². The molecule has 5 nitrogen and oxygen atoms in total. The van der Waals surface area contributed by atoms with E-state index in [-0.39, 0.29) is 17.6 Å². The minimum atomic E-state index is -0.124. The smallest absolute Gasteiger partial charge is 0.243 e. The molecule has 0 bridgehead atoms. The van der Waals surface area contributed by atoms with Crippen LogP contribution in [0.1, 0.15) is 64.4 Å². The van der Waals surface area contributed by atoms with E-state index < -0.39 is 0 Å². The number of hydrogen-bond acceptors (Lipinski definition) is 5. The van der Waals surface area contributed by atoms with Crippen molar-refractivity contribution in [2.24, 2.45) is 5.41 Å². The Morgan fingerprint density at radius 2 is 2.28 bits per heavy atom. The molecule has 2 heterocycles. The number of ether oxygens (including phenoxy) is 1. The summed E-state index contributed by atoms with van der Waals surface area (Å²) in [6.07, 6.45) is 2.11. The van der Waals surface area contributed by atoms with Gasteiger partial charge in [0.2, 0.25) is 11.7 Å². The van der Waals surface area contributed by atoms with E-state index in [0.717, 1.165) is 19.4 Å². The molecular formula is C13H23N3O2. The van der Waals surface area contributed by atoms with E-state index >= 15 is 0 Å². The largest absolute Gasteiger partial charge is 0.370 e. The Hall–Kier alpha value is -0.940. The first-order chi connectivity index (χ1) is 8.52. The Kier molecular flexibility index (Phi) is 4.02. The molecule has 1 N–H and O–H groups in total. The molecular weight excluding hydrogens is 230 g/mol. The van der Waals surface area contributed by atoms with Gasteiger partial charge in [0.1, 0.15) is 6.10 Å². The molecule has 0 aliphatic carbocycles. The Morgan fingerprint density at radius 1 is 1.50 bits per heavy atom. The lowest BCUT2D eigenvalue weighted by atomic mass is 9.88. The summed E-state index contributed by atoms with van der Waals surface area (Å²) in [6.45, 7) is 10.0. The Balaban J connectivity index is 2.15. The van der Waals surface area contributed by atoms with Gasteiger partial charge in [-0.3, -0.25) is 0 Å². The third-order valence-electron chi connectivity index (χ3n) is 3.17. The fourth-order valence-electron chi connectivity index (χ4n) is 2.27. The maximum absolute atomic E-state index is 5.76. The summed E-state index contributed by atoms with van der Waals surface area (Å²) in [5, 5.41) is 7.45. The van der Waals surface area contributed by atoms with Crippen molar-refractivity contribution in [3.63, 3.8) is 0 Å². The zero-order valence-corrected chi connectivity index (χ0v) is 11.7. The highest BCUT2D eigenvalue weighted by molar-refractivity contribution is 5.00. The maximum atomic E-state index is 5.76. The van der Waals surface area contributed by atoms with Crippen LogP contribution in [0.4, 0.5) is 0 Å². The van der Waals surface area contributed by atoms with Crippen molar-refractivity contribution in [3.05, 3.63) is 11.7 Å². The van der Waals surface area contributed by atoms with E-state index in [4.69, 9.17) is 9.26 Å². The molecule has 0 aromatic carbocycles. The molecule has 1 saturated heterocycles. The molecule has 2 rings (SSSR count). The van der Waals surface area contributed by atoms with E-state index in [1.165, 1.54) is 0 Å². The van der Waals surface area contributed by atoms with Crippen molar-refractivity contribution < 1.29 is 9.26 Å². The van der Waals surface area contributed by atoms with Crippen LogP contribution in [0.25, 0.3) is 0 Å². The lowest BCUT2D eigenvalue weighted by molar-refractivity contribution is -0.0203. The van der Waals surface area contributed by atoms with E-state index in [1.807, 2.05) is 6.92 Å². The molecule has 102 valence electrons. The first-order valence-corrected chi connectivity index (χ1v) is 6.71. The SMILES string of the molecule is CCOC(c1noc(C2CCCN2)n1)C(C)(C)C. The zero-order valence-electron chi connectivity index (χ0n) is 11.7. The molecule has 1 aromatic rings. The van der Waals surface area contributed by atoms with Crippen LogP contribution in [0.15, 0.2) is 4.52 Å². The molecule has 0 amide bonds. The van der Waals surface area contributed by atoms with Crippen LogP contribution in [-0.4, -0.2) is 23.3 Å². The van der Waals surface area contributed by atoms with Crippen LogP contribution < -0.4 is 5.32 Å². The monoisotopic (exact) mass is 253 g/mol. The molecule has 2 atom stereocenters. The highest BCUT2D eigenvalue weighted by Crippen LogP contribution is 2.35. The Bertz CT molecular complexity index is 378. The van der Waals surface area contributed by atoms with Crippen molar-refractivity contribution >= 4 is 0 Å². The summed E-state index contributed by atoms with van der Waals surface area (Å²) >= 11 is 0. The number of nitrogens with one attached hydrogen (secondary N) is 1. The van der Waals surface area contributed by atoms with Gasteiger partial charge >= 0.3 is 0 Å². The topological polar surface area (TPSA) is 60.2 Å². The highest BCUT2D eigenvalue weighted by Gasteiger charge is 2.32. The third-order valence-corrected chi connectivity index (χ3v) is 3.17. The number of hydrogen-bond donors (Lipinski definition) is 1. The second-order valence-electron chi connectivity index (χ2n) is 5.84. The molecule has 0 saturated carbocycles. The molecule has 2 unspecified atom stereocenters. The first-order valence-electron chi connectivity index (χ1n) is 6.71. The molecule has 0 radical (unpaired) electrons. The zero-order chi connectivity index (χ0) is 13.2. The van der Waals surface area contributed by atoms with Crippen LogP contribution in [0.5, 0.6) is 0 Å². The highest BCUT2D eigenvalue weighted by atomic mass is 16.5. The lowest BCUT2D eigenvalue weighted by Gasteiger charge is -2.27. The van der Waals surface area contributed by atoms with Crippen LogP contribution >= 0.6 is 0 Å². The predicted octanol–water partition coefficient (Wildman–Crippen LogP) is 2.62. The fraction of sp³-hybridized carbons (Fsp3) is 0.846. The van der Waals surface area contributed by atoms with Crippen LogP contribution in [0.2, 0.25) is 0 Å². The van der Waals surface area contributed by atoms with Crippen molar-refractivity contribution in [3.8, 4) is 0 Å². The first kappa shape index (κ1) is 13.5. The molecule has 0 spiro atoms. The van der Waals surface area contributed by atoms with Gasteiger partial charge in [-0.25, -0.2) is 0 Å². The molecule has 5 heteroatoms. The van der Waals surface area contributed by atoms with Crippen LogP contribution in [-0.2, 0) is 4.74 Å². The minimum Gasteiger partial charge on any atom is -0.370 e. The standard InChI is InChI=1S/C13H23N3O2/c1-5-17-10(13(2,3)4)11-15-12(18-16-11)9-7-6-8-14-9/h9-10,14H,5-8H2,1-4H3. The van der Waals surface area contributed by atoms with Gasteiger partial charge in [-0.05, 0) is 31.7 Å². The van der Waals surface area contributed by atoms with Crippen molar-refractivity contribution in [2.75, 3.05) is 13.2 Å². The van der Waals surface area contributed by atoms with E-state index in [9.17, 15) is 0 Å². The maximum Gasteiger partial charge on any atom is 0.243 e.